The van der Waals surface area contributed by atoms with Gasteiger partial charge in [-0.25, -0.2) is 8.42 Å². The lowest BCUT2D eigenvalue weighted by Gasteiger charge is -2.29. The standard InChI is InChI=1S/C22H31NO3S/c1-15(2)12-19-20(22(19,4)5)21(24)23(18-10-11-27(25,26)14-18)13-17-8-6-16(3)7-9-17/h6-9,12,18-20H,10-11,13-14H2,1-5H3/t18-,19-,20-/m0/s1. The molecule has 0 radical (unpaired) electrons. The van der Waals surface area contributed by atoms with Crippen molar-refractivity contribution < 1.29 is 13.2 Å². The first-order valence-corrected chi connectivity index (χ1v) is 11.5. The highest BCUT2D eigenvalue weighted by atomic mass is 32.2. The highest BCUT2D eigenvalue weighted by molar-refractivity contribution is 7.91. The maximum atomic E-state index is 13.5. The van der Waals surface area contributed by atoms with Crippen molar-refractivity contribution >= 4 is 15.7 Å². The van der Waals surface area contributed by atoms with Crippen molar-refractivity contribution in [3.63, 3.8) is 0 Å². The molecule has 1 heterocycles. The number of carbonyl (C=O) groups excluding carboxylic acids is 1. The zero-order chi connectivity index (χ0) is 20.0. The van der Waals surface area contributed by atoms with E-state index in [1.165, 1.54) is 11.1 Å². The van der Waals surface area contributed by atoms with Crippen LogP contribution in [0.5, 0.6) is 0 Å². The van der Waals surface area contributed by atoms with Crippen LogP contribution in [0.2, 0.25) is 0 Å². The summed E-state index contributed by atoms with van der Waals surface area (Å²) in [6.45, 7) is 10.9. The third-order valence-electron chi connectivity index (χ3n) is 6.10. The summed E-state index contributed by atoms with van der Waals surface area (Å²) >= 11 is 0. The number of nitrogens with zero attached hydrogens (tertiary/aromatic N) is 1. The normalized spacial score (nSPS) is 27.8. The number of rotatable bonds is 5. The van der Waals surface area contributed by atoms with Gasteiger partial charge in [0.15, 0.2) is 9.84 Å². The number of sulfone groups is 1. The second-order valence-electron chi connectivity index (χ2n) is 9.08. The Balaban J connectivity index is 1.86. The largest absolute Gasteiger partial charge is 0.334 e. The molecule has 5 heteroatoms. The van der Waals surface area contributed by atoms with E-state index in [-0.39, 0.29) is 40.7 Å². The Hall–Kier alpha value is -1.62. The molecule has 148 valence electrons. The predicted octanol–water partition coefficient (Wildman–Crippen LogP) is 3.75. The van der Waals surface area contributed by atoms with Crippen LogP contribution in [0, 0.1) is 24.2 Å². The van der Waals surface area contributed by atoms with Crippen LogP contribution in [0.25, 0.3) is 0 Å². The molecule has 1 saturated heterocycles. The average molecular weight is 390 g/mol. The molecule has 0 bridgehead atoms. The predicted molar refractivity (Wildman–Crippen MR) is 109 cm³/mol. The Kier molecular flexibility index (Phi) is 5.28. The molecule has 1 aliphatic carbocycles. The first-order valence-electron chi connectivity index (χ1n) is 9.73. The maximum Gasteiger partial charge on any atom is 0.227 e. The summed E-state index contributed by atoms with van der Waals surface area (Å²) in [5.41, 5.74) is 3.37. The number of aryl methyl sites for hydroxylation is 1. The van der Waals surface area contributed by atoms with Crippen LogP contribution in [0.3, 0.4) is 0 Å². The number of allylic oxidation sites excluding steroid dienone is 2. The van der Waals surface area contributed by atoms with Crippen LogP contribution in [-0.4, -0.2) is 36.8 Å². The van der Waals surface area contributed by atoms with Crippen LogP contribution < -0.4 is 0 Å². The molecule has 1 aromatic rings. The van der Waals surface area contributed by atoms with E-state index in [1.807, 2.05) is 36.1 Å². The smallest absolute Gasteiger partial charge is 0.227 e. The van der Waals surface area contributed by atoms with E-state index in [1.54, 1.807) is 0 Å². The van der Waals surface area contributed by atoms with E-state index in [4.69, 9.17) is 0 Å². The highest BCUT2D eigenvalue weighted by Gasteiger charge is 2.61. The Morgan fingerprint density at radius 1 is 1.22 bits per heavy atom. The second kappa shape index (κ2) is 7.08. The minimum absolute atomic E-state index is 0.0684. The van der Waals surface area contributed by atoms with E-state index in [0.29, 0.717) is 13.0 Å². The quantitative estimate of drug-likeness (QED) is 0.721. The zero-order valence-corrected chi connectivity index (χ0v) is 17.8. The minimum Gasteiger partial charge on any atom is -0.334 e. The second-order valence-corrected chi connectivity index (χ2v) is 11.3. The fourth-order valence-corrected chi connectivity index (χ4v) is 6.03. The van der Waals surface area contributed by atoms with Gasteiger partial charge in [0.05, 0.1) is 17.4 Å². The van der Waals surface area contributed by atoms with Gasteiger partial charge in [-0.05, 0) is 44.1 Å². The fraction of sp³-hybridized carbons (Fsp3) is 0.591. The number of carbonyl (C=O) groups is 1. The average Bonchev–Trinajstić information content (AvgIpc) is 2.90. The summed E-state index contributed by atoms with van der Waals surface area (Å²) in [7, 11) is -3.05. The van der Waals surface area contributed by atoms with Crippen molar-refractivity contribution in [2.24, 2.45) is 17.3 Å². The molecule has 27 heavy (non-hydrogen) atoms. The molecule has 1 aromatic carbocycles. The van der Waals surface area contributed by atoms with Gasteiger partial charge >= 0.3 is 0 Å². The number of amides is 1. The first-order chi connectivity index (χ1) is 12.5. The summed E-state index contributed by atoms with van der Waals surface area (Å²) in [4.78, 5) is 15.3. The van der Waals surface area contributed by atoms with Gasteiger partial charge in [0.25, 0.3) is 0 Å². The van der Waals surface area contributed by atoms with Gasteiger partial charge in [0.1, 0.15) is 0 Å². The van der Waals surface area contributed by atoms with Crippen LogP contribution in [0.15, 0.2) is 35.9 Å². The molecule has 0 unspecified atom stereocenters. The molecule has 2 fully saturated rings. The number of hydrogen-bond donors (Lipinski definition) is 0. The maximum absolute atomic E-state index is 13.5. The van der Waals surface area contributed by atoms with E-state index in [9.17, 15) is 13.2 Å². The zero-order valence-electron chi connectivity index (χ0n) is 17.0. The molecular weight excluding hydrogens is 358 g/mol. The third-order valence-corrected chi connectivity index (χ3v) is 7.85. The van der Waals surface area contributed by atoms with Gasteiger partial charge in [-0.3, -0.25) is 4.79 Å². The number of benzene rings is 1. The molecule has 2 aliphatic rings. The molecule has 0 N–H and O–H groups in total. The van der Waals surface area contributed by atoms with Crippen LogP contribution in [-0.2, 0) is 21.2 Å². The molecule has 3 rings (SSSR count). The van der Waals surface area contributed by atoms with Crippen molar-refractivity contribution in [3.8, 4) is 0 Å². The van der Waals surface area contributed by atoms with E-state index in [0.717, 1.165) is 5.56 Å². The van der Waals surface area contributed by atoms with Crippen molar-refractivity contribution in [2.45, 2.75) is 53.6 Å². The van der Waals surface area contributed by atoms with Crippen molar-refractivity contribution in [1.82, 2.24) is 4.90 Å². The molecule has 0 spiro atoms. The third kappa shape index (κ3) is 4.29. The lowest BCUT2D eigenvalue weighted by atomic mass is 10.1. The van der Waals surface area contributed by atoms with E-state index < -0.39 is 9.84 Å². The van der Waals surface area contributed by atoms with Crippen LogP contribution in [0.4, 0.5) is 0 Å². The molecular formula is C22H31NO3S. The number of hydrogen-bond acceptors (Lipinski definition) is 3. The molecule has 0 aromatic heterocycles. The highest BCUT2D eigenvalue weighted by Crippen LogP contribution is 2.60. The molecule has 1 amide bonds. The fourth-order valence-electron chi connectivity index (χ4n) is 4.30. The van der Waals surface area contributed by atoms with Gasteiger partial charge in [-0.2, -0.15) is 0 Å². The van der Waals surface area contributed by atoms with Gasteiger partial charge in [0.2, 0.25) is 5.91 Å². The van der Waals surface area contributed by atoms with Crippen LogP contribution >= 0.6 is 0 Å². The minimum atomic E-state index is -3.05. The Labute approximate surface area is 163 Å². The van der Waals surface area contributed by atoms with Crippen molar-refractivity contribution in [1.29, 1.82) is 0 Å². The lowest BCUT2D eigenvalue weighted by molar-refractivity contribution is -0.136. The summed E-state index contributed by atoms with van der Waals surface area (Å²) in [5, 5.41) is 0. The SMILES string of the molecule is CC(C)=C[C@H]1[C@@H](C(=O)N(Cc2ccc(C)cc2)[C@H]2CCS(=O)(=O)C2)C1(C)C. The summed E-state index contributed by atoms with van der Waals surface area (Å²) in [6, 6.07) is 7.93. The molecule has 3 atom stereocenters. The van der Waals surface area contributed by atoms with E-state index >= 15 is 0 Å². The van der Waals surface area contributed by atoms with Crippen molar-refractivity contribution in [2.75, 3.05) is 11.5 Å². The monoisotopic (exact) mass is 389 g/mol. The Morgan fingerprint density at radius 2 is 1.85 bits per heavy atom. The molecule has 4 nitrogen and oxygen atoms in total. The summed E-state index contributed by atoms with van der Waals surface area (Å²) in [6.07, 6.45) is 2.73. The van der Waals surface area contributed by atoms with Crippen LogP contribution in [0.1, 0.15) is 45.2 Å². The molecule has 1 aliphatic heterocycles. The van der Waals surface area contributed by atoms with E-state index in [2.05, 4.69) is 33.8 Å². The summed E-state index contributed by atoms with van der Waals surface area (Å²) in [5.74, 6) is 0.533. The van der Waals surface area contributed by atoms with Crippen molar-refractivity contribution in [3.05, 3.63) is 47.0 Å². The van der Waals surface area contributed by atoms with Gasteiger partial charge in [0, 0.05) is 12.6 Å². The molecule has 1 saturated carbocycles. The van der Waals surface area contributed by atoms with Gasteiger partial charge in [-0.1, -0.05) is 55.3 Å². The topological polar surface area (TPSA) is 54.5 Å². The van der Waals surface area contributed by atoms with Gasteiger partial charge < -0.3 is 4.90 Å². The lowest BCUT2D eigenvalue weighted by Crippen LogP contribution is -2.42. The Morgan fingerprint density at radius 3 is 2.37 bits per heavy atom. The summed E-state index contributed by atoms with van der Waals surface area (Å²) < 4.78 is 24.1. The van der Waals surface area contributed by atoms with Gasteiger partial charge in [-0.15, -0.1) is 0 Å². The first kappa shape index (κ1) is 20.1. The Bertz CT molecular complexity index is 848.